The quantitative estimate of drug-likeness (QED) is 0.225. The molecule has 3 aromatic rings. The first kappa shape index (κ1) is 34.9. The average Bonchev–Trinajstić information content (AvgIpc) is 2.93. The predicted molar refractivity (Wildman–Crippen MR) is 138 cm³/mol. The molecule has 0 aliphatic carbocycles. The Kier molecular flexibility index (Phi) is 9.96. The number of nitrogens with zero attached hydrogens (tertiary/aromatic N) is 1. The molecule has 0 aliphatic rings. The number of rotatable bonds is 9. The fourth-order valence-corrected chi connectivity index (χ4v) is 4.26. The van der Waals surface area contributed by atoms with E-state index in [0.29, 0.717) is 0 Å². The Morgan fingerprint density at radius 3 is 1.98 bits per heavy atom. The van der Waals surface area contributed by atoms with Crippen LogP contribution in [0.1, 0.15) is 43.6 Å². The number of amides is 2. The zero-order valence-electron chi connectivity index (χ0n) is 22.2. The number of nitrogens with one attached hydrogen (secondary N) is 1. The van der Waals surface area contributed by atoms with Crippen LogP contribution in [0, 0.1) is 5.82 Å². The monoisotopic (exact) mass is 674 g/mol. The third kappa shape index (κ3) is 6.92. The van der Waals surface area contributed by atoms with Crippen LogP contribution in [0.5, 0.6) is 5.75 Å². The van der Waals surface area contributed by atoms with Gasteiger partial charge in [0.1, 0.15) is 5.69 Å². The molecule has 0 aromatic heterocycles. The predicted octanol–water partition coefficient (Wildman–Crippen LogP) is 7.99. The molecule has 0 atom stereocenters. The van der Waals surface area contributed by atoms with E-state index >= 15 is 4.39 Å². The molecular weight excluding hydrogens is 658 g/mol. The largest absolute Gasteiger partial charge is 0.478 e. The van der Waals surface area contributed by atoms with Crippen molar-refractivity contribution in [2.45, 2.75) is 31.6 Å². The van der Waals surface area contributed by atoms with E-state index in [0.717, 1.165) is 47.4 Å². The van der Waals surface area contributed by atoms with Gasteiger partial charge < -0.3 is 20.1 Å². The minimum atomic E-state index is -6.65. The normalized spacial score (nSPS) is 12.2. The number of hydrogen-bond donors (Lipinski definition) is 2. The number of alkyl halides is 9. The number of ether oxygens (including phenoxy) is 1. The fraction of sp³-hybridized carbons (Fsp3) is 0.222. The molecule has 0 fully saturated rings. The van der Waals surface area contributed by atoms with Crippen molar-refractivity contribution < 1.29 is 68.1 Å². The molecule has 45 heavy (non-hydrogen) atoms. The Morgan fingerprint density at radius 1 is 0.933 bits per heavy atom. The number of anilines is 2. The lowest BCUT2D eigenvalue weighted by atomic mass is 9.93. The van der Waals surface area contributed by atoms with Crippen LogP contribution in [0.3, 0.4) is 0 Å². The number of halogens is 11. The molecule has 0 radical (unpaired) electrons. The zero-order chi connectivity index (χ0) is 34.1. The molecule has 0 aliphatic heterocycles. The van der Waals surface area contributed by atoms with Gasteiger partial charge in [0.05, 0.1) is 21.8 Å². The summed E-state index contributed by atoms with van der Waals surface area (Å²) in [4.78, 5) is 37.9. The Balaban J connectivity index is 2.05. The van der Waals surface area contributed by atoms with Gasteiger partial charge in [-0.15, -0.1) is 0 Å². The lowest BCUT2D eigenvalue weighted by Crippen LogP contribution is -2.50. The van der Waals surface area contributed by atoms with Crippen molar-refractivity contribution in [1.82, 2.24) is 0 Å². The van der Waals surface area contributed by atoms with Crippen LogP contribution in [0.25, 0.3) is 0 Å². The average molecular weight is 675 g/mol. The first-order valence-corrected chi connectivity index (χ1v) is 12.5. The van der Waals surface area contributed by atoms with Gasteiger partial charge >= 0.3 is 30.6 Å². The number of carbonyl (C=O) groups excluding carboxylic acids is 2. The molecule has 0 unspecified atom stereocenters. The van der Waals surface area contributed by atoms with Crippen LogP contribution < -0.4 is 15.0 Å². The minimum Gasteiger partial charge on any atom is -0.478 e. The molecule has 0 bridgehead atoms. The summed E-state index contributed by atoms with van der Waals surface area (Å²) in [5.74, 6) is -6.69. The smallest absolute Gasteiger partial charge is 0.435 e. The van der Waals surface area contributed by atoms with E-state index in [1.165, 1.54) is 6.92 Å². The second kappa shape index (κ2) is 12.8. The summed E-state index contributed by atoms with van der Waals surface area (Å²) in [5.41, 5.74) is -11.2. The summed E-state index contributed by atoms with van der Waals surface area (Å²) in [6.07, 6.45) is -13.3. The van der Waals surface area contributed by atoms with Gasteiger partial charge in [0, 0.05) is 17.7 Å². The number of benzene rings is 3. The highest BCUT2D eigenvalue weighted by Gasteiger charge is 2.73. The maximum absolute atomic E-state index is 15.6. The number of carbonyl (C=O) groups is 3. The summed E-state index contributed by atoms with van der Waals surface area (Å²) >= 11 is 5.72. The second-order valence-electron chi connectivity index (χ2n) is 8.89. The molecule has 0 spiro atoms. The number of aromatic carboxylic acids is 1. The number of carboxylic acids is 1. The molecule has 242 valence electrons. The fourth-order valence-electron chi connectivity index (χ4n) is 4.00. The summed E-state index contributed by atoms with van der Waals surface area (Å²) < 4.78 is 140. The Morgan fingerprint density at radius 2 is 1.49 bits per heavy atom. The van der Waals surface area contributed by atoms with Crippen LogP contribution in [0.2, 0.25) is 5.02 Å². The van der Waals surface area contributed by atoms with Crippen molar-refractivity contribution in [3.63, 3.8) is 0 Å². The molecule has 0 saturated carbocycles. The summed E-state index contributed by atoms with van der Waals surface area (Å²) in [5, 5.41) is 9.45. The van der Waals surface area contributed by atoms with E-state index in [2.05, 4.69) is 4.74 Å². The van der Waals surface area contributed by atoms with Gasteiger partial charge in [-0.25, -0.2) is 13.6 Å². The topological polar surface area (TPSA) is 95.9 Å². The first-order valence-electron chi connectivity index (χ1n) is 12.1. The SMILES string of the molecule is CCN(C(=O)c1ccc(C(=O)O)cc1)c1cccc(C(=O)Nc2c(Cl)cc(C(F)(C(F)(F)F)C(F)(F)F)cc2OC(F)F)c1F. The van der Waals surface area contributed by atoms with Crippen LogP contribution in [0.15, 0.2) is 54.6 Å². The van der Waals surface area contributed by atoms with E-state index in [-0.39, 0.29) is 23.7 Å². The lowest BCUT2D eigenvalue weighted by molar-refractivity contribution is -0.348. The minimum absolute atomic E-state index is 0.0848. The van der Waals surface area contributed by atoms with E-state index in [1.54, 1.807) is 5.32 Å². The molecule has 2 amide bonds. The van der Waals surface area contributed by atoms with Gasteiger partial charge in [-0.05, 0) is 55.5 Å². The van der Waals surface area contributed by atoms with Crippen molar-refractivity contribution in [2.24, 2.45) is 0 Å². The molecule has 3 rings (SSSR count). The van der Waals surface area contributed by atoms with Crippen molar-refractivity contribution >= 4 is 40.8 Å². The number of carboxylic acid groups (broad SMARTS) is 1. The molecule has 0 heterocycles. The Bertz CT molecular complexity index is 1600. The van der Waals surface area contributed by atoms with Crippen molar-refractivity contribution in [1.29, 1.82) is 0 Å². The highest BCUT2D eigenvalue weighted by molar-refractivity contribution is 6.34. The second-order valence-corrected chi connectivity index (χ2v) is 9.30. The van der Waals surface area contributed by atoms with E-state index in [9.17, 15) is 53.9 Å². The van der Waals surface area contributed by atoms with E-state index in [4.69, 9.17) is 16.7 Å². The van der Waals surface area contributed by atoms with E-state index in [1.807, 2.05) is 0 Å². The van der Waals surface area contributed by atoms with Crippen molar-refractivity contribution in [3.05, 3.63) is 87.7 Å². The molecule has 0 saturated heterocycles. The van der Waals surface area contributed by atoms with Crippen LogP contribution >= 0.6 is 11.6 Å². The summed E-state index contributed by atoms with van der Waals surface area (Å²) in [6, 6.07) is 6.83. The molecule has 7 nitrogen and oxygen atoms in total. The Labute approximate surface area is 250 Å². The molecular formula is C27H17ClF10N2O5. The van der Waals surface area contributed by atoms with Gasteiger partial charge in [0.15, 0.2) is 11.6 Å². The van der Waals surface area contributed by atoms with Crippen molar-refractivity contribution in [2.75, 3.05) is 16.8 Å². The third-order valence-electron chi connectivity index (χ3n) is 6.14. The number of hydrogen-bond acceptors (Lipinski definition) is 4. The molecule has 2 N–H and O–H groups in total. The van der Waals surface area contributed by atoms with Crippen LogP contribution in [0.4, 0.5) is 55.3 Å². The lowest BCUT2D eigenvalue weighted by Gasteiger charge is -2.31. The van der Waals surface area contributed by atoms with Crippen LogP contribution in [-0.2, 0) is 5.67 Å². The molecule has 18 heteroatoms. The van der Waals surface area contributed by atoms with Crippen molar-refractivity contribution in [3.8, 4) is 5.75 Å². The Hall–Kier alpha value is -4.54. The molecule has 3 aromatic carbocycles. The van der Waals surface area contributed by atoms with Gasteiger partial charge in [0.2, 0.25) is 0 Å². The van der Waals surface area contributed by atoms with Gasteiger partial charge in [0.25, 0.3) is 11.8 Å². The maximum atomic E-state index is 15.6. The maximum Gasteiger partial charge on any atom is 0.435 e. The summed E-state index contributed by atoms with van der Waals surface area (Å²) in [7, 11) is 0. The highest BCUT2D eigenvalue weighted by Crippen LogP contribution is 2.55. The summed E-state index contributed by atoms with van der Waals surface area (Å²) in [6.45, 7) is -2.71. The van der Waals surface area contributed by atoms with Gasteiger partial charge in [-0.2, -0.15) is 35.1 Å². The van der Waals surface area contributed by atoms with E-state index < -0.39 is 87.6 Å². The third-order valence-corrected chi connectivity index (χ3v) is 6.44. The highest BCUT2D eigenvalue weighted by atomic mass is 35.5. The van der Waals surface area contributed by atoms with Crippen LogP contribution in [-0.4, -0.2) is 48.4 Å². The zero-order valence-corrected chi connectivity index (χ0v) is 22.9. The first-order chi connectivity index (χ1) is 20.7. The van der Waals surface area contributed by atoms with Gasteiger partial charge in [-0.3, -0.25) is 9.59 Å². The van der Waals surface area contributed by atoms with Gasteiger partial charge in [-0.1, -0.05) is 17.7 Å². The standard InChI is InChI=1S/C27H17ClF10N2O5/c1-2-40(22(42)12-6-8-13(9-7-12)23(43)44)17-5-3-4-15(19(17)29)21(41)39-20-16(28)10-14(11-18(20)45-24(30)31)25(32,26(33,34)35)27(36,37)38/h3-11,24H,2H2,1H3,(H,39,41)(H,43,44).